The third-order valence-electron chi connectivity index (χ3n) is 2.72. The van der Waals surface area contributed by atoms with Crippen LogP contribution in [-0.4, -0.2) is 20.9 Å². The van der Waals surface area contributed by atoms with Gasteiger partial charge in [-0.25, -0.2) is 9.18 Å². The summed E-state index contributed by atoms with van der Waals surface area (Å²) in [7, 11) is 1.37. The van der Waals surface area contributed by atoms with E-state index in [1.54, 1.807) is 0 Å². The minimum atomic E-state index is -4.67. The van der Waals surface area contributed by atoms with Crippen LogP contribution in [0.1, 0.15) is 15.9 Å². The molecule has 0 unspecified atom stereocenters. The molecule has 2 rings (SSSR count). The quantitative estimate of drug-likeness (QED) is 0.864. The van der Waals surface area contributed by atoms with Gasteiger partial charge < -0.3 is 5.11 Å². The monoisotopic (exact) mass is 288 g/mol. The highest BCUT2D eigenvalue weighted by Crippen LogP contribution is 2.33. The maximum atomic E-state index is 13.8. The first-order chi connectivity index (χ1) is 9.21. The van der Waals surface area contributed by atoms with Gasteiger partial charge in [0.05, 0.1) is 17.5 Å². The number of alkyl halides is 3. The molecule has 1 N–H and O–H groups in total. The molecule has 0 amide bonds. The number of nitrogens with zero attached hydrogens (tertiary/aromatic N) is 2. The van der Waals surface area contributed by atoms with E-state index in [0.717, 1.165) is 16.9 Å². The molecule has 1 heterocycles. The Hall–Kier alpha value is -2.38. The molecule has 0 aliphatic heterocycles. The topological polar surface area (TPSA) is 55.1 Å². The summed E-state index contributed by atoms with van der Waals surface area (Å²) in [6, 6.07) is 1.91. The Labute approximate surface area is 110 Å². The number of halogens is 4. The molecule has 0 atom stereocenters. The zero-order chi connectivity index (χ0) is 15.1. The first kappa shape index (κ1) is 14.0. The Kier molecular flexibility index (Phi) is 3.24. The van der Waals surface area contributed by atoms with Crippen LogP contribution >= 0.6 is 0 Å². The number of aryl methyl sites for hydroxylation is 1. The van der Waals surface area contributed by atoms with Crippen molar-refractivity contribution in [2.75, 3.05) is 0 Å². The average molecular weight is 288 g/mol. The normalized spacial score (nSPS) is 11.7. The minimum Gasteiger partial charge on any atom is -0.478 e. The fourth-order valence-corrected chi connectivity index (χ4v) is 1.80. The van der Waals surface area contributed by atoms with E-state index in [1.165, 1.54) is 7.05 Å². The van der Waals surface area contributed by atoms with Crippen molar-refractivity contribution < 1.29 is 27.5 Å². The standard InChI is InChI=1S/C12H8F4N2O2/c1-18-10(8(5-17-18)11(19)20)7-3-2-6(4-9(7)13)12(14,15)16/h2-5H,1H3,(H,19,20). The first-order valence-corrected chi connectivity index (χ1v) is 5.34. The van der Waals surface area contributed by atoms with Gasteiger partial charge in [-0.2, -0.15) is 18.3 Å². The summed E-state index contributed by atoms with van der Waals surface area (Å²) in [5.74, 6) is -2.50. The second-order valence-corrected chi connectivity index (χ2v) is 4.03. The van der Waals surface area contributed by atoms with E-state index in [1.807, 2.05) is 0 Å². The lowest BCUT2D eigenvalue weighted by Gasteiger charge is -2.10. The van der Waals surface area contributed by atoms with Crippen LogP contribution in [0, 0.1) is 5.82 Å². The van der Waals surface area contributed by atoms with Crippen LogP contribution in [0.25, 0.3) is 11.3 Å². The molecule has 4 nitrogen and oxygen atoms in total. The number of hydrogen-bond acceptors (Lipinski definition) is 2. The molecule has 0 aliphatic rings. The largest absolute Gasteiger partial charge is 0.478 e. The van der Waals surface area contributed by atoms with Crippen molar-refractivity contribution >= 4 is 5.97 Å². The number of aromatic carboxylic acids is 1. The molecule has 1 aromatic carbocycles. The zero-order valence-electron chi connectivity index (χ0n) is 10.1. The molecule has 0 aliphatic carbocycles. The molecule has 2 aromatic rings. The van der Waals surface area contributed by atoms with E-state index in [-0.39, 0.29) is 16.8 Å². The number of carboxylic acid groups (broad SMARTS) is 1. The SMILES string of the molecule is Cn1ncc(C(=O)O)c1-c1ccc(C(F)(F)F)cc1F. The Morgan fingerprint density at radius 2 is 2.00 bits per heavy atom. The molecular formula is C12H8F4N2O2. The number of benzene rings is 1. The number of aromatic nitrogens is 2. The Morgan fingerprint density at radius 3 is 2.50 bits per heavy atom. The smallest absolute Gasteiger partial charge is 0.416 e. The highest BCUT2D eigenvalue weighted by molar-refractivity contribution is 5.94. The van der Waals surface area contributed by atoms with Gasteiger partial charge in [-0.05, 0) is 18.2 Å². The molecule has 0 radical (unpaired) electrons. The van der Waals surface area contributed by atoms with Crippen LogP contribution in [0.15, 0.2) is 24.4 Å². The second-order valence-electron chi connectivity index (χ2n) is 4.03. The molecular weight excluding hydrogens is 280 g/mol. The molecule has 0 fully saturated rings. The van der Waals surface area contributed by atoms with Crippen LogP contribution in [-0.2, 0) is 13.2 Å². The van der Waals surface area contributed by atoms with Gasteiger partial charge in [0, 0.05) is 12.6 Å². The van der Waals surface area contributed by atoms with E-state index in [2.05, 4.69) is 5.10 Å². The molecule has 0 spiro atoms. The Balaban J connectivity index is 2.60. The molecule has 20 heavy (non-hydrogen) atoms. The molecule has 0 saturated carbocycles. The highest BCUT2D eigenvalue weighted by Gasteiger charge is 2.32. The summed E-state index contributed by atoms with van der Waals surface area (Å²) >= 11 is 0. The molecule has 0 bridgehead atoms. The van der Waals surface area contributed by atoms with Crippen LogP contribution in [0.3, 0.4) is 0 Å². The zero-order valence-corrected chi connectivity index (χ0v) is 10.1. The third-order valence-corrected chi connectivity index (χ3v) is 2.72. The van der Waals surface area contributed by atoms with Gasteiger partial charge in [0.15, 0.2) is 0 Å². The molecule has 106 valence electrons. The summed E-state index contributed by atoms with van der Waals surface area (Å²) in [6.45, 7) is 0. The van der Waals surface area contributed by atoms with Crippen molar-refractivity contribution in [1.29, 1.82) is 0 Å². The third kappa shape index (κ3) is 2.36. The summed E-state index contributed by atoms with van der Waals surface area (Å²) in [5.41, 5.74) is -1.77. The van der Waals surface area contributed by atoms with Crippen LogP contribution in [0.4, 0.5) is 17.6 Å². The summed E-state index contributed by atoms with van der Waals surface area (Å²) in [5, 5.41) is 12.6. The van der Waals surface area contributed by atoms with Gasteiger partial charge >= 0.3 is 12.1 Å². The fourth-order valence-electron chi connectivity index (χ4n) is 1.80. The Bertz CT molecular complexity index is 677. The van der Waals surface area contributed by atoms with Crippen LogP contribution in [0.5, 0.6) is 0 Å². The Morgan fingerprint density at radius 1 is 1.35 bits per heavy atom. The number of hydrogen-bond donors (Lipinski definition) is 1. The molecule has 0 saturated heterocycles. The second kappa shape index (κ2) is 4.62. The summed E-state index contributed by atoms with van der Waals surface area (Å²) < 4.78 is 52.3. The van der Waals surface area contributed by atoms with Gasteiger partial charge in [0.1, 0.15) is 11.4 Å². The lowest BCUT2D eigenvalue weighted by molar-refractivity contribution is -0.137. The summed E-state index contributed by atoms with van der Waals surface area (Å²) in [4.78, 5) is 11.0. The maximum absolute atomic E-state index is 13.8. The number of carbonyl (C=O) groups is 1. The van der Waals surface area contributed by atoms with Crippen molar-refractivity contribution in [1.82, 2.24) is 9.78 Å². The van der Waals surface area contributed by atoms with Crippen LogP contribution in [0.2, 0.25) is 0 Å². The minimum absolute atomic E-state index is 0.0938. The van der Waals surface area contributed by atoms with Gasteiger partial charge in [0.25, 0.3) is 0 Å². The van der Waals surface area contributed by atoms with Crippen molar-refractivity contribution in [3.05, 3.63) is 41.3 Å². The van der Waals surface area contributed by atoms with E-state index in [9.17, 15) is 22.4 Å². The van der Waals surface area contributed by atoms with Gasteiger partial charge in [-0.15, -0.1) is 0 Å². The van der Waals surface area contributed by atoms with E-state index in [0.29, 0.717) is 12.1 Å². The van der Waals surface area contributed by atoms with E-state index < -0.39 is 23.5 Å². The maximum Gasteiger partial charge on any atom is 0.416 e. The van der Waals surface area contributed by atoms with Gasteiger partial charge in [0.2, 0.25) is 0 Å². The van der Waals surface area contributed by atoms with Crippen molar-refractivity contribution in [3.63, 3.8) is 0 Å². The predicted octanol–water partition coefficient (Wildman–Crippen LogP) is 2.94. The van der Waals surface area contributed by atoms with Crippen molar-refractivity contribution in [2.45, 2.75) is 6.18 Å². The van der Waals surface area contributed by atoms with Gasteiger partial charge in [-0.1, -0.05) is 0 Å². The average Bonchev–Trinajstić information content (AvgIpc) is 2.70. The molecule has 1 aromatic heterocycles. The lowest BCUT2D eigenvalue weighted by atomic mass is 10.0. The van der Waals surface area contributed by atoms with E-state index >= 15 is 0 Å². The first-order valence-electron chi connectivity index (χ1n) is 5.34. The fraction of sp³-hybridized carbons (Fsp3) is 0.167. The van der Waals surface area contributed by atoms with Crippen molar-refractivity contribution in [2.24, 2.45) is 7.05 Å². The van der Waals surface area contributed by atoms with Crippen LogP contribution < -0.4 is 0 Å². The van der Waals surface area contributed by atoms with E-state index in [4.69, 9.17) is 5.11 Å². The lowest BCUT2D eigenvalue weighted by Crippen LogP contribution is -2.07. The summed E-state index contributed by atoms with van der Waals surface area (Å²) in [6.07, 6.45) is -3.66. The molecule has 8 heteroatoms. The van der Waals surface area contributed by atoms with Crippen molar-refractivity contribution in [3.8, 4) is 11.3 Å². The predicted molar refractivity (Wildman–Crippen MR) is 60.6 cm³/mol. The highest BCUT2D eigenvalue weighted by atomic mass is 19.4. The number of rotatable bonds is 2. The van der Waals surface area contributed by atoms with Gasteiger partial charge in [-0.3, -0.25) is 4.68 Å². The number of carboxylic acids is 1.